The van der Waals surface area contributed by atoms with E-state index in [0.29, 0.717) is 50.0 Å². The Bertz CT molecular complexity index is 2180. The summed E-state index contributed by atoms with van der Waals surface area (Å²) in [6.45, 7) is 5.11. The summed E-state index contributed by atoms with van der Waals surface area (Å²) in [5.74, 6) is 1.40. The van der Waals surface area contributed by atoms with Crippen LogP contribution in [-0.4, -0.2) is 93.9 Å². The zero-order valence-electron chi connectivity index (χ0n) is 32.0. The van der Waals surface area contributed by atoms with E-state index in [2.05, 4.69) is 46.4 Å². The molecule has 6 heterocycles. The fourth-order valence-corrected chi connectivity index (χ4v) is 8.78. The Morgan fingerprint density at radius 2 is 1.71 bits per heavy atom. The molecule has 0 radical (unpaired) electrons. The Labute approximate surface area is 333 Å². The molecule has 17 heteroatoms. The van der Waals surface area contributed by atoms with Crippen molar-refractivity contribution in [2.24, 2.45) is 5.92 Å². The average molecular weight is 799 g/mol. The second-order valence-electron chi connectivity index (χ2n) is 15.7. The molecule has 14 nitrogen and oxygen atoms in total. The average Bonchev–Trinajstić information content (AvgIpc) is 3.67. The van der Waals surface area contributed by atoms with Crippen molar-refractivity contribution in [3.8, 4) is 11.8 Å². The number of nitriles is 1. The van der Waals surface area contributed by atoms with Crippen molar-refractivity contribution in [2.45, 2.75) is 82.2 Å². The molecule has 1 aromatic carbocycles. The second-order valence-corrected chi connectivity index (χ2v) is 15.7. The van der Waals surface area contributed by atoms with Gasteiger partial charge in [-0.2, -0.15) is 18.4 Å². The number of carbonyl (C=O) groups is 3. The molecular weight excluding hydrogens is 754 g/mol. The molecule has 0 atom stereocenters. The lowest BCUT2D eigenvalue weighted by molar-refractivity contribution is -0.138. The first-order valence-corrected chi connectivity index (χ1v) is 20.0. The number of halogens is 3. The molecule has 1 aliphatic carbocycles. The highest BCUT2D eigenvalue weighted by Gasteiger charge is 2.35. The number of imide groups is 1. The van der Waals surface area contributed by atoms with Gasteiger partial charge in [-0.05, 0) is 99.7 Å². The number of carbonyl (C=O) groups excluding carboxylic acids is 3. The molecule has 304 valence electrons. The molecule has 8 rings (SSSR count). The topological polar surface area (TPSA) is 162 Å². The van der Waals surface area contributed by atoms with Gasteiger partial charge in [-0.25, -0.2) is 9.78 Å². The minimum Gasteiger partial charge on any atom is -0.490 e. The molecule has 2 N–H and O–H groups in total. The fraction of sp³-hybridized carbons (Fsp3) is 0.488. The minimum absolute atomic E-state index is 0.0699. The molecule has 0 unspecified atom stereocenters. The quantitative estimate of drug-likeness (QED) is 0.211. The van der Waals surface area contributed by atoms with E-state index >= 15 is 0 Å². The van der Waals surface area contributed by atoms with Crippen LogP contribution in [0.25, 0.3) is 10.9 Å². The summed E-state index contributed by atoms with van der Waals surface area (Å²) < 4.78 is 48.2. The number of likely N-dealkylation sites (tertiary alicyclic amines) is 1. The maximum absolute atomic E-state index is 13.4. The van der Waals surface area contributed by atoms with E-state index in [4.69, 9.17) is 10.00 Å². The number of pyridine rings is 1. The van der Waals surface area contributed by atoms with Gasteiger partial charge in [0.2, 0.25) is 5.91 Å². The van der Waals surface area contributed by atoms with Gasteiger partial charge in [0.05, 0.1) is 28.8 Å². The number of aromatic nitrogens is 4. The zero-order chi connectivity index (χ0) is 40.4. The van der Waals surface area contributed by atoms with Crippen LogP contribution in [0.1, 0.15) is 85.4 Å². The Morgan fingerprint density at radius 1 is 0.931 bits per heavy atom. The predicted octanol–water partition coefficient (Wildman–Crippen LogP) is 5.84. The molecule has 0 bridgehead atoms. The van der Waals surface area contributed by atoms with E-state index in [-0.39, 0.29) is 41.8 Å². The van der Waals surface area contributed by atoms with Crippen LogP contribution in [0.4, 0.5) is 29.6 Å². The molecule has 1 saturated carbocycles. The van der Waals surface area contributed by atoms with E-state index in [0.717, 1.165) is 87.3 Å². The highest BCUT2D eigenvalue weighted by atomic mass is 19.4. The molecule has 4 fully saturated rings. The third-order valence-corrected chi connectivity index (χ3v) is 12.0. The zero-order valence-corrected chi connectivity index (χ0v) is 32.0. The van der Waals surface area contributed by atoms with Crippen molar-refractivity contribution in [3.63, 3.8) is 0 Å². The van der Waals surface area contributed by atoms with Crippen molar-refractivity contribution in [2.75, 3.05) is 49.1 Å². The molecule has 4 amide bonds. The SMILES string of the molecule is N#Cc1ccc(O[C@H]2CC[C@H](NC(=O)c3ccc(N4CCC(CN5CCC(n6ccc7c(N8CCC(=O)NC8=O)nccc76)CC5)CC4)nn3)CC2)cc1C(F)(F)F. The van der Waals surface area contributed by atoms with E-state index in [1.54, 1.807) is 23.2 Å². The van der Waals surface area contributed by atoms with Gasteiger partial charge in [-0.15, -0.1) is 10.2 Å². The molecule has 4 aliphatic rings. The number of urea groups is 1. The number of alkyl halides is 3. The van der Waals surface area contributed by atoms with Crippen molar-refractivity contribution in [1.82, 2.24) is 35.3 Å². The van der Waals surface area contributed by atoms with Crippen molar-refractivity contribution < 1.29 is 32.3 Å². The third kappa shape index (κ3) is 8.57. The molecular formula is C41H45F3N10O4. The Hall–Kier alpha value is -5.76. The molecule has 3 aromatic heterocycles. The van der Waals surface area contributed by atoms with Gasteiger partial charge < -0.3 is 24.4 Å². The molecule has 0 spiro atoms. The standard InChI is InChI=1S/C41H45F3N10O4/c42-41(43,44)33-23-31(4-1-27(33)24-45)58-30-5-2-28(3-6-30)47-39(56)34-7-8-36(50-49-34)52-19-10-26(11-20-52)25-51-17-12-29(13-18-51)53-21-14-32-35(53)9-16-46-38(32)54-22-15-37(55)48-40(54)57/h1,4,7-9,14,16,21,23,26,28-30H,2-3,5-6,10-13,15,17-20,22,25H2,(H,47,56)(H,48,55,57)/t28-,30-. The van der Waals surface area contributed by atoms with Crippen molar-refractivity contribution >= 4 is 40.4 Å². The first kappa shape index (κ1) is 39.1. The van der Waals surface area contributed by atoms with Gasteiger partial charge in [-0.1, -0.05) is 0 Å². The van der Waals surface area contributed by atoms with Crippen LogP contribution in [0, 0.1) is 17.2 Å². The first-order valence-electron chi connectivity index (χ1n) is 20.0. The molecule has 3 aliphatic heterocycles. The number of hydrogen-bond donors (Lipinski definition) is 2. The number of nitrogens with one attached hydrogen (secondary N) is 2. The van der Waals surface area contributed by atoms with E-state index in [1.807, 2.05) is 18.2 Å². The normalized spacial score (nSPS) is 21.5. The maximum atomic E-state index is 13.4. The molecule has 58 heavy (non-hydrogen) atoms. The van der Waals surface area contributed by atoms with Gasteiger partial charge in [0.15, 0.2) is 11.5 Å². The second kappa shape index (κ2) is 16.6. The monoisotopic (exact) mass is 798 g/mol. The summed E-state index contributed by atoms with van der Waals surface area (Å²) in [5.41, 5.74) is -0.185. The summed E-state index contributed by atoms with van der Waals surface area (Å²) in [5, 5.41) is 24.0. The van der Waals surface area contributed by atoms with Crippen LogP contribution < -0.4 is 25.2 Å². The number of benzene rings is 1. The summed E-state index contributed by atoms with van der Waals surface area (Å²) in [7, 11) is 0. The highest BCUT2D eigenvalue weighted by molar-refractivity contribution is 6.08. The number of hydrogen-bond acceptors (Lipinski definition) is 10. The number of rotatable bonds is 9. The first-order chi connectivity index (χ1) is 28.0. The van der Waals surface area contributed by atoms with Gasteiger partial charge in [0.1, 0.15) is 11.6 Å². The van der Waals surface area contributed by atoms with E-state index in [9.17, 15) is 27.6 Å². The van der Waals surface area contributed by atoms with E-state index < -0.39 is 23.3 Å². The van der Waals surface area contributed by atoms with Crippen molar-refractivity contribution in [1.29, 1.82) is 5.26 Å². The number of fused-ring (bicyclic) bond motifs is 1. The van der Waals surface area contributed by atoms with Crippen LogP contribution >= 0.6 is 0 Å². The Balaban J connectivity index is 0.759. The summed E-state index contributed by atoms with van der Waals surface area (Å²) in [6.07, 6.45) is 5.59. The summed E-state index contributed by atoms with van der Waals surface area (Å²) in [6, 6.07) is 12.3. The van der Waals surface area contributed by atoms with Crippen LogP contribution in [0.3, 0.4) is 0 Å². The van der Waals surface area contributed by atoms with Gasteiger partial charge >= 0.3 is 12.2 Å². The highest BCUT2D eigenvalue weighted by Crippen LogP contribution is 2.36. The van der Waals surface area contributed by atoms with Crippen molar-refractivity contribution in [3.05, 3.63) is 71.7 Å². The van der Waals surface area contributed by atoms with Gasteiger partial charge in [0, 0.05) is 75.6 Å². The van der Waals surface area contributed by atoms with Crippen LogP contribution in [0.15, 0.2) is 54.9 Å². The summed E-state index contributed by atoms with van der Waals surface area (Å²) >= 11 is 0. The van der Waals surface area contributed by atoms with E-state index in [1.165, 1.54) is 6.07 Å². The third-order valence-electron chi connectivity index (χ3n) is 12.0. The van der Waals surface area contributed by atoms with Gasteiger partial charge in [-0.3, -0.25) is 19.8 Å². The molecule has 3 saturated heterocycles. The van der Waals surface area contributed by atoms with Crippen LogP contribution in [0.2, 0.25) is 0 Å². The number of piperidine rings is 2. The largest absolute Gasteiger partial charge is 0.490 e. The number of ether oxygens (including phenoxy) is 1. The smallest absolute Gasteiger partial charge is 0.417 e. The Morgan fingerprint density at radius 3 is 2.40 bits per heavy atom. The van der Waals surface area contributed by atoms with Crippen LogP contribution in [-0.2, 0) is 11.0 Å². The lowest BCUT2D eigenvalue weighted by atomic mass is 9.92. The maximum Gasteiger partial charge on any atom is 0.417 e. The lowest BCUT2D eigenvalue weighted by Crippen LogP contribution is -2.49. The number of anilines is 2. The van der Waals surface area contributed by atoms with Gasteiger partial charge in [0.25, 0.3) is 5.91 Å². The number of nitrogens with zero attached hydrogens (tertiary/aromatic N) is 8. The Kier molecular flexibility index (Phi) is 11.2. The molecule has 4 aromatic rings. The predicted molar refractivity (Wildman–Crippen MR) is 207 cm³/mol. The number of amides is 4. The lowest BCUT2D eigenvalue weighted by Gasteiger charge is -2.38. The fourth-order valence-electron chi connectivity index (χ4n) is 8.78. The van der Waals surface area contributed by atoms with Crippen LogP contribution in [0.5, 0.6) is 5.75 Å². The minimum atomic E-state index is -4.65. The summed E-state index contributed by atoms with van der Waals surface area (Å²) in [4.78, 5) is 48.0.